The molecule has 35 heavy (non-hydrogen) atoms. The van der Waals surface area contributed by atoms with Gasteiger partial charge in [-0.1, -0.05) is 56.3 Å². The van der Waals surface area contributed by atoms with Crippen LogP contribution in [0.25, 0.3) is 10.8 Å². The number of thioether (sulfide) groups is 1. The first kappa shape index (κ1) is 24.3. The maximum absolute atomic E-state index is 13.3. The van der Waals surface area contributed by atoms with Crippen LogP contribution in [0.3, 0.4) is 0 Å². The Hall–Kier alpha value is -2.41. The lowest BCUT2D eigenvalue weighted by Crippen LogP contribution is -2.53. The maximum atomic E-state index is 13.3. The van der Waals surface area contributed by atoms with Crippen molar-refractivity contribution in [3.63, 3.8) is 0 Å². The van der Waals surface area contributed by atoms with E-state index in [1.807, 2.05) is 42.2 Å². The summed E-state index contributed by atoms with van der Waals surface area (Å²) >= 11 is 1.81. The topological polar surface area (TPSA) is 39.7 Å². The van der Waals surface area contributed by atoms with Crippen molar-refractivity contribution in [2.45, 2.75) is 49.6 Å². The average Bonchev–Trinajstić information content (AvgIpc) is 2.89. The van der Waals surface area contributed by atoms with Gasteiger partial charge < -0.3 is 4.90 Å². The molecule has 6 heteroatoms. The highest BCUT2D eigenvalue weighted by Crippen LogP contribution is 2.25. The molecule has 3 aromatic rings. The van der Waals surface area contributed by atoms with Crippen molar-refractivity contribution in [2.75, 3.05) is 39.3 Å². The van der Waals surface area contributed by atoms with Gasteiger partial charge in [0.2, 0.25) is 0 Å². The van der Waals surface area contributed by atoms with Crippen LogP contribution in [0.2, 0.25) is 0 Å². The van der Waals surface area contributed by atoms with Gasteiger partial charge >= 0.3 is 0 Å². The quantitative estimate of drug-likeness (QED) is 0.449. The van der Waals surface area contributed by atoms with Crippen LogP contribution in [0.4, 0.5) is 0 Å². The third-order valence-electron chi connectivity index (χ3n) is 7.26. The summed E-state index contributed by atoms with van der Waals surface area (Å²) in [4.78, 5) is 25.2. The van der Waals surface area contributed by atoms with Crippen molar-refractivity contribution in [3.8, 4) is 0 Å². The van der Waals surface area contributed by atoms with Crippen molar-refractivity contribution in [3.05, 3.63) is 71.9 Å². The largest absolute Gasteiger partial charge is 0.339 e. The summed E-state index contributed by atoms with van der Waals surface area (Å²) in [6.07, 6.45) is 4.17. The zero-order chi connectivity index (χ0) is 24.2. The summed E-state index contributed by atoms with van der Waals surface area (Å²) in [7, 11) is 0. The lowest BCUT2D eigenvalue weighted by atomic mass is 9.99. The number of hydrogen-bond donors (Lipinski definition) is 0. The molecule has 0 spiro atoms. The van der Waals surface area contributed by atoms with E-state index in [9.17, 15) is 4.79 Å². The second kappa shape index (κ2) is 11.1. The van der Waals surface area contributed by atoms with Crippen LogP contribution in [0.15, 0.2) is 65.8 Å². The van der Waals surface area contributed by atoms with Crippen LogP contribution < -0.4 is 0 Å². The third kappa shape index (κ3) is 5.88. The van der Waals surface area contributed by atoms with Crippen molar-refractivity contribution >= 4 is 28.4 Å². The molecule has 5 nitrogen and oxygen atoms in total. The van der Waals surface area contributed by atoms with E-state index in [0.717, 1.165) is 80.0 Å². The summed E-state index contributed by atoms with van der Waals surface area (Å²) in [5, 5.41) is 3.86. The molecule has 2 aliphatic heterocycles. The smallest absolute Gasteiger partial charge is 0.254 e. The Labute approximate surface area is 213 Å². The maximum Gasteiger partial charge on any atom is 0.254 e. The van der Waals surface area contributed by atoms with E-state index >= 15 is 0 Å². The number of aromatic nitrogens is 1. The van der Waals surface area contributed by atoms with E-state index in [1.165, 1.54) is 5.56 Å². The van der Waals surface area contributed by atoms with Gasteiger partial charge in [-0.2, -0.15) is 0 Å². The van der Waals surface area contributed by atoms with E-state index < -0.39 is 0 Å². The van der Waals surface area contributed by atoms with E-state index in [1.54, 1.807) is 0 Å². The van der Waals surface area contributed by atoms with Crippen LogP contribution in [0, 0.1) is 0 Å². The predicted molar refractivity (Wildman–Crippen MR) is 145 cm³/mol. The zero-order valence-corrected chi connectivity index (χ0v) is 21.7. The molecule has 5 rings (SSSR count). The van der Waals surface area contributed by atoms with Gasteiger partial charge in [0.25, 0.3) is 5.91 Å². The monoisotopic (exact) mass is 488 g/mol. The Morgan fingerprint density at radius 1 is 0.943 bits per heavy atom. The minimum absolute atomic E-state index is 0.177. The van der Waals surface area contributed by atoms with Gasteiger partial charge in [0, 0.05) is 68.9 Å². The highest BCUT2D eigenvalue weighted by Gasteiger charge is 2.29. The number of benzene rings is 2. The third-order valence-corrected chi connectivity index (χ3v) is 8.21. The fourth-order valence-corrected chi connectivity index (χ4v) is 6.12. The molecule has 184 valence electrons. The molecule has 0 unspecified atom stereocenters. The standard InChI is InChI=1S/C29H36N4OS/c1-22(2)35-28-11-10-23(20-30-28)21-31-16-18-32(19-17-31)25-12-14-33(15-13-25)29(34)27-9-5-7-24-6-3-4-8-26(24)27/h3-11,20,22,25H,12-19,21H2,1-2H3. The molecule has 0 saturated carbocycles. The second-order valence-corrected chi connectivity index (χ2v) is 11.6. The molecular formula is C29H36N4OS. The number of rotatable bonds is 6. The number of piperidine rings is 1. The number of fused-ring (bicyclic) bond motifs is 1. The first-order valence-corrected chi connectivity index (χ1v) is 13.8. The Morgan fingerprint density at radius 3 is 2.40 bits per heavy atom. The van der Waals surface area contributed by atoms with Gasteiger partial charge in [-0.05, 0) is 41.3 Å². The minimum Gasteiger partial charge on any atom is -0.339 e. The fourth-order valence-electron chi connectivity index (χ4n) is 5.38. The molecule has 0 atom stereocenters. The average molecular weight is 489 g/mol. The van der Waals surface area contributed by atoms with E-state index in [2.05, 4.69) is 63.9 Å². The van der Waals surface area contributed by atoms with E-state index in [0.29, 0.717) is 11.3 Å². The van der Waals surface area contributed by atoms with Gasteiger partial charge in [-0.25, -0.2) is 4.98 Å². The van der Waals surface area contributed by atoms with E-state index in [4.69, 9.17) is 0 Å². The number of carbonyl (C=O) groups is 1. The first-order chi connectivity index (χ1) is 17.1. The molecule has 2 aliphatic rings. The van der Waals surface area contributed by atoms with Crippen molar-refractivity contribution in [1.29, 1.82) is 0 Å². The van der Waals surface area contributed by atoms with Crippen molar-refractivity contribution in [2.24, 2.45) is 0 Å². The number of carbonyl (C=O) groups excluding carboxylic acids is 1. The fraction of sp³-hybridized carbons (Fsp3) is 0.448. The number of piperazine rings is 1. The summed E-state index contributed by atoms with van der Waals surface area (Å²) < 4.78 is 0. The Balaban J connectivity index is 1.10. The van der Waals surface area contributed by atoms with E-state index in [-0.39, 0.29) is 5.91 Å². The summed E-state index contributed by atoms with van der Waals surface area (Å²) in [5.41, 5.74) is 2.13. The van der Waals surface area contributed by atoms with Crippen LogP contribution in [-0.2, 0) is 6.54 Å². The molecule has 2 aromatic carbocycles. The molecule has 2 saturated heterocycles. The van der Waals surface area contributed by atoms with Crippen LogP contribution in [0.5, 0.6) is 0 Å². The molecular weight excluding hydrogens is 452 g/mol. The van der Waals surface area contributed by atoms with Crippen LogP contribution in [-0.4, -0.2) is 76.2 Å². The minimum atomic E-state index is 0.177. The SMILES string of the molecule is CC(C)Sc1ccc(CN2CCN(C3CCN(C(=O)c4cccc5ccccc45)CC3)CC2)cn1. The molecule has 3 heterocycles. The summed E-state index contributed by atoms with van der Waals surface area (Å²) in [6, 6.07) is 19.2. The van der Waals surface area contributed by atoms with Crippen LogP contribution >= 0.6 is 11.8 Å². The summed E-state index contributed by atoms with van der Waals surface area (Å²) in [6.45, 7) is 11.5. The lowest BCUT2D eigenvalue weighted by Gasteiger charge is -2.42. The number of likely N-dealkylation sites (tertiary alicyclic amines) is 1. The van der Waals surface area contributed by atoms with Crippen molar-refractivity contribution in [1.82, 2.24) is 19.7 Å². The predicted octanol–water partition coefficient (Wildman–Crippen LogP) is 5.16. The lowest BCUT2D eigenvalue weighted by molar-refractivity contribution is 0.0469. The molecule has 0 radical (unpaired) electrons. The number of hydrogen-bond acceptors (Lipinski definition) is 5. The van der Waals surface area contributed by atoms with Gasteiger partial charge in [0.05, 0.1) is 5.03 Å². The molecule has 0 bridgehead atoms. The zero-order valence-electron chi connectivity index (χ0n) is 20.9. The molecule has 1 amide bonds. The normalized spacial score (nSPS) is 18.4. The number of pyridine rings is 1. The van der Waals surface area contributed by atoms with Crippen molar-refractivity contribution < 1.29 is 4.79 Å². The van der Waals surface area contributed by atoms with Gasteiger partial charge in [-0.3, -0.25) is 14.6 Å². The Bertz CT molecular complexity index is 1130. The second-order valence-electron chi connectivity index (χ2n) is 10.0. The highest BCUT2D eigenvalue weighted by atomic mass is 32.2. The van der Waals surface area contributed by atoms with Gasteiger partial charge in [-0.15, -0.1) is 11.8 Å². The first-order valence-electron chi connectivity index (χ1n) is 12.9. The van der Waals surface area contributed by atoms with Gasteiger partial charge in [0.1, 0.15) is 0 Å². The Kier molecular flexibility index (Phi) is 7.71. The molecule has 0 aliphatic carbocycles. The van der Waals surface area contributed by atoms with Crippen LogP contribution in [0.1, 0.15) is 42.6 Å². The van der Waals surface area contributed by atoms with Gasteiger partial charge in [0.15, 0.2) is 0 Å². The summed E-state index contributed by atoms with van der Waals surface area (Å²) in [5.74, 6) is 0.177. The molecule has 2 fully saturated rings. The Morgan fingerprint density at radius 2 is 1.69 bits per heavy atom. The molecule has 1 aromatic heterocycles. The number of nitrogens with zero attached hydrogens (tertiary/aromatic N) is 4. The molecule has 0 N–H and O–H groups in total. The number of amides is 1. The highest BCUT2D eigenvalue weighted by molar-refractivity contribution is 7.99.